The van der Waals surface area contributed by atoms with Gasteiger partial charge in [-0.15, -0.1) is 0 Å². The lowest BCUT2D eigenvalue weighted by Crippen LogP contribution is -2.08. The summed E-state index contributed by atoms with van der Waals surface area (Å²) in [7, 11) is 0. The van der Waals surface area contributed by atoms with Crippen LogP contribution in [-0.2, 0) is 13.0 Å². The fourth-order valence-electron chi connectivity index (χ4n) is 3.86. The van der Waals surface area contributed by atoms with Crippen LogP contribution in [-0.4, -0.2) is 4.98 Å². The maximum atomic E-state index is 6.00. The number of hydrogen-bond donors (Lipinski definition) is 1. The van der Waals surface area contributed by atoms with E-state index in [9.17, 15) is 0 Å². The second-order valence-corrected chi connectivity index (χ2v) is 7.00. The third kappa shape index (κ3) is 3.48. The highest BCUT2D eigenvalue weighted by Gasteiger charge is 2.16. The number of rotatable bonds is 5. The second-order valence-electron chi connectivity index (χ2n) is 7.00. The summed E-state index contributed by atoms with van der Waals surface area (Å²) in [5.74, 6) is 1.81. The SMILES string of the molecule is c1ccc(COc2ccc3[nH]cc(CC4CCCCC4)c3c2)cc1. The molecule has 4 rings (SSSR count). The van der Waals surface area contributed by atoms with Crippen molar-refractivity contribution in [2.24, 2.45) is 5.92 Å². The molecule has 0 atom stereocenters. The van der Waals surface area contributed by atoms with Crippen molar-refractivity contribution in [2.45, 2.75) is 45.1 Å². The van der Waals surface area contributed by atoms with Gasteiger partial charge in [0.05, 0.1) is 0 Å². The van der Waals surface area contributed by atoms with Crippen LogP contribution in [0.4, 0.5) is 0 Å². The predicted molar refractivity (Wildman–Crippen MR) is 99.4 cm³/mol. The molecule has 0 aliphatic heterocycles. The normalized spacial score (nSPS) is 15.7. The molecule has 1 aromatic heterocycles. The van der Waals surface area contributed by atoms with Crippen LogP contribution in [0.1, 0.15) is 43.2 Å². The average Bonchev–Trinajstić information content (AvgIpc) is 3.04. The Morgan fingerprint density at radius 2 is 1.79 bits per heavy atom. The smallest absolute Gasteiger partial charge is 0.120 e. The van der Waals surface area contributed by atoms with E-state index in [0.717, 1.165) is 11.7 Å². The van der Waals surface area contributed by atoms with Gasteiger partial charge in [0, 0.05) is 17.1 Å². The highest BCUT2D eigenvalue weighted by Crippen LogP contribution is 2.31. The monoisotopic (exact) mass is 319 g/mol. The molecule has 0 unspecified atom stereocenters. The lowest BCUT2D eigenvalue weighted by molar-refractivity contribution is 0.306. The molecule has 1 aliphatic rings. The van der Waals surface area contributed by atoms with Gasteiger partial charge in [0.1, 0.15) is 12.4 Å². The van der Waals surface area contributed by atoms with Crippen molar-refractivity contribution in [1.29, 1.82) is 0 Å². The zero-order valence-corrected chi connectivity index (χ0v) is 14.1. The molecule has 0 amide bonds. The fourth-order valence-corrected chi connectivity index (χ4v) is 3.86. The minimum Gasteiger partial charge on any atom is -0.489 e. The van der Waals surface area contributed by atoms with E-state index in [1.807, 2.05) is 6.07 Å². The van der Waals surface area contributed by atoms with Gasteiger partial charge < -0.3 is 9.72 Å². The lowest BCUT2D eigenvalue weighted by atomic mass is 9.85. The van der Waals surface area contributed by atoms with E-state index in [0.29, 0.717) is 6.61 Å². The van der Waals surface area contributed by atoms with Gasteiger partial charge in [-0.3, -0.25) is 0 Å². The molecule has 1 aliphatic carbocycles. The van der Waals surface area contributed by atoms with Gasteiger partial charge in [0.15, 0.2) is 0 Å². The number of ether oxygens (including phenoxy) is 1. The summed E-state index contributed by atoms with van der Waals surface area (Å²) in [6, 6.07) is 16.7. The Morgan fingerprint density at radius 1 is 0.958 bits per heavy atom. The van der Waals surface area contributed by atoms with Crippen LogP contribution < -0.4 is 4.74 Å². The second kappa shape index (κ2) is 7.12. The fraction of sp³-hybridized carbons (Fsp3) is 0.364. The molecule has 1 heterocycles. The molecule has 2 nitrogen and oxygen atoms in total. The molecule has 1 saturated carbocycles. The lowest BCUT2D eigenvalue weighted by Gasteiger charge is -2.21. The van der Waals surface area contributed by atoms with Crippen LogP contribution in [0.15, 0.2) is 54.7 Å². The Balaban J connectivity index is 1.50. The minimum absolute atomic E-state index is 0.620. The first-order chi connectivity index (χ1) is 11.9. The summed E-state index contributed by atoms with van der Waals surface area (Å²) in [6.45, 7) is 0.620. The molecular weight excluding hydrogens is 294 g/mol. The maximum absolute atomic E-state index is 6.00. The number of fused-ring (bicyclic) bond motifs is 1. The van der Waals surface area contributed by atoms with E-state index in [1.165, 1.54) is 60.6 Å². The van der Waals surface area contributed by atoms with Crippen molar-refractivity contribution in [2.75, 3.05) is 0 Å². The van der Waals surface area contributed by atoms with Crippen LogP contribution in [0, 0.1) is 5.92 Å². The van der Waals surface area contributed by atoms with Crippen molar-refractivity contribution in [3.63, 3.8) is 0 Å². The van der Waals surface area contributed by atoms with Crippen molar-refractivity contribution >= 4 is 10.9 Å². The van der Waals surface area contributed by atoms with Gasteiger partial charge in [-0.25, -0.2) is 0 Å². The van der Waals surface area contributed by atoms with Crippen LogP contribution in [0.5, 0.6) is 5.75 Å². The number of hydrogen-bond acceptors (Lipinski definition) is 1. The van der Waals surface area contributed by atoms with Gasteiger partial charge in [0.2, 0.25) is 0 Å². The van der Waals surface area contributed by atoms with Gasteiger partial charge in [-0.05, 0) is 41.7 Å². The van der Waals surface area contributed by atoms with Gasteiger partial charge >= 0.3 is 0 Å². The first-order valence-corrected chi connectivity index (χ1v) is 9.15. The Bertz CT molecular complexity index is 784. The Labute approximate surface area is 143 Å². The first-order valence-electron chi connectivity index (χ1n) is 9.15. The first kappa shape index (κ1) is 15.3. The standard InChI is InChI=1S/C22H25NO/c1-3-7-17(8-4-1)13-19-15-23-22-12-11-20(14-21(19)22)24-16-18-9-5-2-6-10-18/h2,5-6,9-12,14-15,17,23H,1,3-4,7-8,13,16H2. The van der Waals surface area contributed by atoms with Crippen molar-refractivity contribution in [1.82, 2.24) is 4.98 Å². The molecule has 0 bridgehead atoms. The van der Waals surface area contributed by atoms with E-state index in [1.54, 1.807) is 0 Å². The van der Waals surface area contributed by atoms with Crippen LogP contribution >= 0.6 is 0 Å². The van der Waals surface area contributed by atoms with Crippen molar-refractivity contribution in [3.05, 3.63) is 65.9 Å². The van der Waals surface area contributed by atoms with E-state index in [4.69, 9.17) is 4.74 Å². The Kier molecular flexibility index (Phi) is 4.55. The highest BCUT2D eigenvalue weighted by atomic mass is 16.5. The largest absolute Gasteiger partial charge is 0.489 e. The Morgan fingerprint density at radius 3 is 2.62 bits per heavy atom. The quantitative estimate of drug-likeness (QED) is 0.625. The molecule has 1 fully saturated rings. The van der Waals surface area contributed by atoms with Gasteiger partial charge in [0.25, 0.3) is 0 Å². The minimum atomic E-state index is 0.620. The van der Waals surface area contributed by atoms with Crippen molar-refractivity contribution < 1.29 is 4.74 Å². The van der Waals surface area contributed by atoms with Crippen LogP contribution in [0.3, 0.4) is 0 Å². The van der Waals surface area contributed by atoms with Crippen LogP contribution in [0.2, 0.25) is 0 Å². The molecule has 124 valence electrons. The third-order valence-corrected chi connectivity index (χ3v) is 5.22. The zero-order chi connectivity index (χ0) is 16.2. The number of aromatic nitrogens is 1. The summed E-state index contributed by atoms with van der Waals surface area (Å²) in [5, 5.41) is 1.33. The average molecular weight is 319 g/mol. The van der Waals surface area contributed by atoms with E-state index in [-0.39, 0.29) is 0 Å². The van der Waals surface area contributed by atoms with Gasteiger partial charge in [-0.2, -0.15) is 0 Å². The summed E-state index contributed by atoms with van der Waals surface area (Å²) in [5.41, 5.74) is 3.86. The number of benzene rings is 2. The molecule has 2 heteroatoms. The molecule has 0 saturated heterocycles. The molecular formula is C22H25NO. The zero-order valence-electron chi connectivity index (χ0n) is 14.1. The molecule has 0 radical (unpaired) electrons. The van der Waals surface area contributed by atoms with E-state index < -0.39 is 0 Å². The predicted octanol–water partition coefficient (Wildman–Crippen LogP) is 5.87. The maximum Gasteiger partial charge on any atom is 0.120 e. The molecule has 2 aromatic carbocycles. The molecule has 0 spiro atoms. The molecule has 1 N–H and O–H groups in total. The number of H-pyrrole nitrogens is 1. The Hall–Kier alpha value is -2.22. The molecule has 24 heavy (non-hydrogen) atoms. The number of aromatic amines is 1. The summed E-state index contributed by atoms with van der Waals surface area (Å²) in [4.78, 5) is 3.42. The van der Waals surface area contributed by atoms with E-state index >= 15 is 0 Å². The third-order valence-electron chi connectivity index (χ3n) is 5.22. The van der Waals surface area contributed by atoms with Gasteiger partial charge in [-0.1, -0.05) is 62.4 Å². The number of nitrogens with one attached hydrogen (secondary N) is 1. The van der Waals surface area contributed by atoms with E-state index in [2.05, 4.69) is 53.6 Å². The molecule has 3 aromatic rings. The summed E-state index contributed by atoms with van der Waals surface area (Å²) in [6.07, 6.45) is 10.4. The summed E-state index contributed by atoms with van der Waals surface area (Å²) < 4.78 is 6.00. The topological polar surface area (TPSA) is 25.0 Å². The van der Waals surface area contributed by atoms with Crippen LogP contribution in [0.25, 0.3) is 10.9 Å². The van der Waals surface area contributed by atoms with Crippen molar-refractivity contribution in [3.8, 4) is 5.75 Å². The highest BCUT2D eigenvalue weighted by molar-refractivity contribution is 5.84. The summed E-state index contributed by atoms with van der Waals surface area (Å²) >= 11 is 0.